The van der Waals surface area contributed by atoms with E-state index in [1.807, 2.05) is 22.4 Å². The van der Waals surface area contributed by atoms with Gasteiger partial charge in [0.1, 0.15) is 5.01 Å². The van der Waals surface area contributed by atoms with Crippen molar-refractivity contribution in [3.8, 4) is 10.6 Å². The highest BCUT2D eigenvalue weighted by Crippen LogP contribution is 2.23. The van der Waals surface area contributed by atoms with Crippen molar-refractivity contribution in [1.82, 2.24) is 14.9 Å². The van der Waals surface area contributed by atoms with Crippen LogP contribution in [0.4, 0.5) is 0 Å². The molecule has 7 heteroatoms. The number of amides is 1. The van der Waals surface area contributed by atoms with Crippen LogP contribution in [-0.4, -0.2) is 53.1 Å². The molecule has 0 bridgehead atoms. The van der Waals surface area contributed by atoms with Gasteiger partial charge in [0.25, 0.3) is 0 Å². The molecule has 0 atom stereocenters. The minimum absolute atomic E-state index is 0.142. The summed E-state index contributed by atoms with van der Waals surface area (Å²) >= 11 is 1.55. The third kappa shape index (κ3) is 5.07. The first kappa shape index (κ1) is 18.0. The van der Waals surface area contributed by atoms with Crippen molar-refractivity contribution in [2.24, 2.45) is 5.73 Å². The van der Waals surface area contributed by atoms with Gasteiger partial charge in [0.15, 0.2) is 0 Å². The second kappa shape index (κ2) is 9.03. The maximum absolute atomic E-state index is 12.5. The Labute approximate surface area is 152 Å². The Hall–Kier alpha value is -1.83. The number of rotatable bonds is 7. The molecule has 0 saturated carbocycles. The first-order valence-corrected chi connectivity index (χ1v) is 9.58. The Morgan fingerprint density at radius 2 is 2.24 bits per heavy atom. The van der Waals surface area contributed by atoms with Gasteiger partial charge in [-0.1, -0.05) is 0 Å². The smallest absolute Gasteiger partial charge is 0.228 e. The Morgan fingerprint density at radius 1 is 1.40 bits per heavy atom. The van der Waals surface area contributed by atoms with Crippen LogP contribution < -0.4 is 5.73 Å². The lowest BCUT2D eigenvalue weighted by atomic mass is 10.1. The van der Waals surface area contributed by atoms with Crippen LogP contribution in [0.15, 0.2) is 29.9 Å². The molecular weight excluding hydrogens is 336 g/mol. The second-order valence-electron chi connectivity index (χ2n) is 6.16. The molecule has 2 aromatic rings. The average molecular weight is 360 g/mol. The Bertz CT molecular complexity index is 669. The predicted octanol–water partition coefficient (Wildman–Crippen LogP) is 2.10. The fourth-order valence-electron chi connectivity index (χ4n) is 2.88. The number of nitrogens with two attached hydrogens (primary N) is 1. The number of aromatic nitrogens is 2. The number of carbonyl (C=O) groups excluding carboxylic acids is 1. The molecule has 3 heterocycles. The van der Waals surface area contributed by atoms with E-state index in [1.165, 1.54) is 0 Å². The van der Waals surface area contributed by atoms with Crippen molar-refractivity contribution >= 4 is 17.2 Å². The number of nitrogens with zero attached hydrogens (tertiary/aromatic N) is 3. The highest BCUT2D eigenvalue weighted by molar-refractivity contribution is 7.13. The summed E-state index contributed by atoms with van der Waals surface area (Å²) in [6, 6.07) is 3.87. The summed E-state index contributed by atoms with van der Waals surface area (Å²) in [7, 11) is 0. The molecule has 1 aliphatic rings. The van der Waals surface area contributed by atoms with E-state index in [0.717, 1.165) is 48.6 Å². The minimum atomic E-state index is 0.142. The molecule has 1 saturated heterocycles. The number of likely N-dealkylation sites (tertiary alicyclic amines) is 1. The summed E-state index contributed by atoms with van der Waals surface area (Å²) in [5.74, 6) is 0.142. The van der Waals surface area contributed by atoms with Crippen LogP contribution in [0.2, 0.25) is 0 Å². The zero-order valence-corrected chi connectivity index (χ0v) is 15.1. The third-order valence-corrected chi connectivity index (χ3v) is 5.23. The van der Waals surface area contributed by atoms with Crippen molar-refractivity contribution in [2.75, 3.05) is 26.2 Å². The fourth-order valence-corrected chi connectivity index (χ4v) is 3.69. The molecule has 0 spiro atoms. The van der Waals surface area contributed by atoms with Crippen molar-refractivity contribution in [2.45, 2.75) is 31.8 Å². The summed E-state index contributed by atoms with van der Waals surface area (Å²) in [5, 5.41) is 2.87. The molecular formula is C18H24N4O2S. The van der Waals surface area contributed by atoms with Crippen molar-refractivity contribution in [1.29, 1.82) is 0 Å². The normalized spacial score (nSPS) is 15.5. The largest absolute Gasteiger partial charge is 0.378 e. The van der Waals surface area contributed by atoms with Gasteiger partial charge >= 0.3 is 0 Å². The van der Waals surface area contributed by atoms with Crippen LogP contribution in [0.5, 0.6) is 0 Å². The van der Waals surface area contributed by atoms with Gasteiger partial charge in [0.05, 0.1) is 18.2 Å². The van der Waals surface area contributed by atoms with Gasteiger partial charge < -0.3 is 15.4 Å². The first-order chi connectivity index (χ1) is 12.3. The molecule has 2 N–H and O–H groups in total. The van der Waals surface area contributed by atoms with E-state index < -0.39 is 0 Å². The summed E-state index contributed by atoms with van der Waals surface area (Å²) in [5.41, 5.74) is 7.29. The Kier molecular flexibility index (Phi) is 6.49. The van der Waals surface area contributed by atoms with E-state index in [2.05, 4.69) is 9.97 Å². The lowest BCUT2D eigenvalue weighted by Crippen LogP contribution is -2.41. The van der Waals surface area contributed by atoms with Crippen LogP contribution >= 0.6 is 11.3 Å². The van der Waals surface area contributed by atoms with Gasteiger partial charge in [-0.05, 0) is 37.9 Å². The molecule has 25 heavy (non-hydrogen) atoms. The zero-order valence-electron chi connectivity index (χ0n) is 14.3. The summed E-state index contributed by atoms with van der Waals surface area (Å²) in [4.78, 5) is 23.1. The molecule has 0 aromatic carbocycles. The van der Waals surface area contributed by atoms with Crippen molar-refractivity contribution in [3.05, 3.63) is 35.6 Å². The maximum Gasteiger partial charge on any atom is 0.228 e. The standard InChI is InChI=1S/C18H24N4O2S/c19-6-2-10-24-16-4-8-22(9-5-16)17(23)11-15-13-25-18(21-15)14-3-1-7-20-12-14/h1,3,7,12-13,16H,2,4-6,8-11,19H2. The van der Waals surface area contributed by atoms with Gasteiger partial charge in [-0.25, -0.2) is 4.98 Å². The quantitative estimate of drug-likeness (QED) is 0.765. The summed E-state index contributed by atoms with van der Waals surface area (Å²) < 4.78 is 5.79. The molecule has 6 nitrogen and oxygen atoms in total. The number of carbonyl (C=O) groups is 1. The highest BCUT2D eigenvalue weighted by Gasteiger charge is 2.23. The van der Waals surface area contributed by atoms with E-state index >= 15 is 0 Å². The zero-order chi connectivity index (χ0) is 17.5. The number of pyridine rings is 1. The Balaban J connectivity index is 1.48. The van der Waals surface area contributed by atoms with Gasteiger partial charge in [-0.15, -0.1) is 11.3 Å². The number of piperidine rings is 1. The highest BCUT2D eigenvalue weighted by atomic mass is 32.1. The van der Waals surface area contributed by atoms with Crippen LogP contribution in [0.25, 0.3) is 10.6 Å². The SMILES string of the molecule is NCCCOC1CCN(C(=O)Cc2csc(-c3cccnc3)n2)CC1. The molecule has 1 fully saturated rings. The molecule has 0 aliphatic carbocycles. The van der Waals surface area contributed by atoms with Crippen LogP contribution in [-0.2, 0) is 16.0 Å². The second-order valence-corrected chi connectivity index (χ2v) is 7.01. The van der Waals surface area contributed by atoms with E-state index in [9.17, 15) is 4.79 Å². The van der Waals surface area contributed by atoms with E-state index in [1.54, 1.807) is 23.7 Å². The van der Waals surface area contributed by atoms with Crippen LogP contribution in [0.3, 0.4) is 0 Å². The van der Waals surface area contributed by atoms with Crippen molar-refractivity contribution in [3.63, 3.8) is 0 Å². The fraction of sp³-hybridized carbons (Fsp3) is 0.500. The minimum Gasteiger partial charge on any atom is -0.378 e. The topological polar surface area (TPSA) is 81.3 Å². The lowest BCUT2D eigenvalue weighted by molar-refractivity contribution is -0.133. The lowest BCUT2D eigenvalue weighted by Gasteiger charge is -2.32. The summed E-state index contributed by atoms with van der Waals surface area (Å²) in [6.07, 6.45) is 6.83. The molecule has 2 aromatic heterocycles. The maximum atomic E-state index is 12.5. The molecule has 0 unspecified atom stereocenters. The number of hydrogen-bond donors (Lipinski definition) is 1. The monoisotopic (exact) mass is 360 g/mol. The van der Waals surface area contributed by atoms with Gasteiger partial charge in [0, 0.05) is 43.0 Å². The van der Waals surface area contributed by atoms with Gasteiger partial charge in [-0.3, -0.25) is 9.78 Å². The predicted molar refractivity (Wildman–Crippen MR) is 98.3 cm³/mol. The van der Waals surface area contributed by atoms with Crippen LogP contribution in [0, 0.1) is 0 Å². The molecule has 3 rings (SSSR count). The average Bonchev–Trinajstić information content (AvgIpc) is 3.12. The van der Waals surface area contributed by atoms with Crippen molar-refractivity contribution < 1.29 is 9.53 Å². The number of thiazole rings is 1. The number of hydrogen-bond acceptors (Lipinski definition) is 6. The van der Waals surface area contributed by atoms with Gasteiger partial charge in [0.2, 0.25) is 5.91 Å². The van der Waals surface area contributed by atoms with E-state index in [0.29, 0.717) is 19.6 Å². The Morgan fingerprint density at radius 3 is 2.96 bits per heavy atom. The molecule has 134 valence electrons. The number of ether oxygens (including phenoxy) is 1. The third-order valence-electron chi connectivity index (χ3n) is 4.29. The first-order valence-electron chi connectivity index (χ1n) is 8.70. The van der Waals surface area contributed by atoms with Gasteiger partial charge in [-0.2, -0.15) is 0 Å². The van der Waals surface area contributed by atoms with E-state index in [4.69, 9.17) is 10.5 Å². The van der Waals surface area contributed by atoms with E-state index in [-0.39, 0.29) is 12.0 Å². The summed E-state index contributed by atoms with van der Waals surface area (Å²) in [6.45, 7) is 2.88. The van der Waals surface area contributed by atoms with Crippen LogP contribution in [0.1, 0.15) is 25.0 Å². The molecule has 1 aliphatic heterocycles. The molecule has 1 amide bonds. The molecule has 0 radical (unpaired) electrons.